The number of nitrogens with one attached hydrogen (secondary N) is 1. The summed E-state index contributed by atoms with van der Waals surface area (Å²) in [6.45, 7) is 1.28. The van der Waals surface area contributed by atoms with Crippen molar-refractivity contribution in [3.05, 3.63) is 49.5 Å². The minimum atomic E-state index is -4.62. The quantitative estimate of drug-likeness (QED) is 0.375. The maximum atomic E-state index is 13.1. The van der Waals surface area contributed by atoms with E-state index < -0.39 is 17.6 Å². The van der Waals surface area contributed by atoms with E-state index in [2.05, 4.69) is 47.3 Å². The van der Waals surface area contributed by atoms with E-state index >= 15 is 0 Å². The van der Waals surface area contributed by atoms with Crippen LogP contribution in [-0.2, 0) is 11.0 Å². The smallest absolute Gasteiger partial charge is 0.417 e. The van der Waals surface area contributed by atoms with Crippen molar-refractivity contribution < 1.29 is 23.1 Å². The second-order valence-electron chi connectivity index (χ2n) is 6.78. The van der Waals surface area contributed by atoms with Crippen LogP contribution in [-0.4, -0.2) is 35.3 Å². The molecule has 0 unspecified atom stereocenters. The number of nitrogens with zero attached hydrogens (tertiary/aromatic N) is 3. The van der Waals surface area contributed by atoms with Crippen LogP contribution in [0.2, 0.25) is 5.02 Å². The Kier molecular flexibility index (Phi) is 7.61. The number of phenolic OH excluding ortho intramolecular Hbond substituents is 1. The molecular formula is C19H16Br2ClF3N4O2. The third-order valence-electron chi connectivity index (χ3n) is 4.61. The lowest BCUT2D eigenvalue weighted by Crippen LogP contribution is -2.39. The molecule has 0 aliphatic carbocycles. The SMILES string of the molecule is O=C(C1CCNCC1)N(/N=C/c1cc(Br)c(O)c(Br)c1)c1ncc(C(F)(F)F)cc1Cl. The number of rotatable bonds is 4. The van der Waals surface area contributed by atoms with Gasteiger partial charge in [0.2, 0.25) is 0 Å². The number of aromatic nitrogens is 1. The molecule has 1 amide bonds. The Morgan fingerprint density at radius 2 is 1.87 bits per heavy atom. The summed E-state index contributed by atoms with van der Waals surface area (Å²) in [5, 5.41) is 17.8. The van der Waals surface area contributed by atoms with Crippen LogP contribution in [0.25, 0.3) is 0 Å². The molecule has 0 saturated carbocycles. The van der Waals surface area contributed by atoms with Crippen molar-refractivity contribution in [2.24, 2.45) is 11.0 Å². The van der Waals surface area contributed by atoms with E-state index in [-0.39, 0.29) is 22.5 Å². The molecule has 1 aliphatic rings. The zero-order valence-electron chi connectivity index (χ0n) is 15.8. The molecule has 0 bridgehead atoms. The number of hydrazone groups is 1. The molecule has 2 heterocycles. The predicted octanol–water partition coefficient (Wildman–Crippen LogP) is 5.35. The minimum Gasteiger partial charge on any atom is -0.506 e. The monoisotopic (exact) mass is 582 g/mol. The standard InChI is InChI=1S/C19H16Br2ClF3N4O2/c20-13-5-10(6-14(21)16(13)30)8-28-29(18(31)11-1-3-26-4-2-11)17-15(22)7-12(9-27-17)19(23,24)25/h5-9,11,26,30H,1-4H2/b28-8+. The highest BCUT2D eigenvalue weighted by Gasteiger charge is 2.34. The lowest BCUT2D eigenvalue weighted by atomic mass is 9.97. The van der Waals surface area contributed by atoms with Crippen LogP contribution >= 0.6 is 43.5 Å². The van der Waals surface area contributed by atoms with Crippen LogP contribution in [0.5, 0.6) is 5.75 Å². The van der Waals surface area contributed by atoms with Gasteiger partial charge in [-0.05, 0) is 81.6 Å². The number of aromatic hydroxyl groups is 1. The Morgan fingerprint density at radius 3 is 2.42 bits per heavy atom. The summed E-state index contributed by atoms with van der Waals surface area (Å²) >= 11 is 12.5. The van der Waals surface area contributed by atoms with Crippen molar-refractivity contribution >= 4 is 61.4 Å². The first-order chi connectivity index (χ1) is 14.6. The molecule has 3 rings (SSSR count). The number of carbonyl (C=O) groups is 1. The van der Waals surface area contributed by atoms with Gasteiger partial charge in [-0.15, -0.1) is 0 Å². The fourth-order valence-electron chi connectivity index (χ4n) is 2.98. The number of anilines is 1. The topological polar surface area (TPSA) is 77.8 Å². The highest BCUT2D eigenvalue weighted by Crippen LogP contribution is 2.35. The van der Waals surface area contributed by atoms with E-state index in [1.807, 2.05) is 0 Å². The maximum absolute atomic E-state index is 13.1. The van der Waals surface area contributed by atoms with Gasteiger partial charge in [-0.25, -0.2) is 4.98 Å². The molecule has 1 saturated heterocycles. The lowest BCUT2D eigenvalue weighted by Gasteiger charge is -2.26. The normalized spacial score (nSPS) is 15.4. The molecule has 12 heteroatoms. The Labute approximate surface area is 197 Å². The first kappa shape index (κ1) is 24.0. The molecule has 1 aromatic carbocycles. The molecule has 1 fully saturated rings. The average Bonchev–Trinajstić information content (AvgIpc) is 2.72. The summed E-state index contributed by atoms with van der Waals surface area (Å²) < 4.78 is 39.7. The fourth-order valence-corrected chi connectivity index (χ4v) is 4.45. The zero-order valence-corrected chi connectivity index (χ0v) is 19.7. The molecular weight excluding hydrogens is 568 g/mol. The predicted molar refractivity (Wildman–Crippen MR) is 118 cm³/mol. The highest BCUT2D eigenvalue weighted by atomic mass is 79.9. The van der Waals surface area contributed by atoms with Crippen molar-refractivity contribution in [1.29, 1.82) is 0 Å². The molecule has 2 aromatic rings. The number of alkyl halides is 3. The first-order valence-corrected chi connectivity index (χ1v) is 11.0. The summed E-state index contributed by atoms with van der Waals surface area (Å²) in [4.78, 5) is 16.9. The lowest BCUT2D eigenvalue weighted by molar-refractivity contribution is -0.137. The van der Waals surface area contributed by atoms with Gasteiger partial charge in [0, 0.05) is 12.1 Å². The van der Waals surface area contributed by atoms with Crippen LogP contribution in [0.3, 0.4) is 0 Å². The van der Waals surface area contributed by atoms with Gasteiger partial charge in [0.15, 0.2) is 5.82 Å². The van der Waals surface area contributed by atoms with Gasteiger partial charge in [0.1, 0.15) is 5.75 Å². The minimum absolute atomic E-state index is 0.00719. The molecule has 2 N–H and O–H groups in total. The number of hydrogen-bond donors (Lipinski definition) is 2. The van der Waals surface area contributed by atoms with Crippen molar-refractivity contribution in [1.82, 2.24) is 10.3 Å². The third-order valence-corrected chi connectivity index (χ3v) is 6.10. The van der Waals surface area contributed by atoms with Crippen LogP contribution in [0, 0.1) is 5.92 Å². The summed E-state index contributed by atoms with van der Waals surface area (Å²) in [7, 11) is 0. The Morgan fingerprint density at radius 1 is 1.26 bits per heavy atom. The second kappa shape index (κ2) is 9.85. The molecule has 0 radical (unpaired) electrons. The molecule has 31 heavy (non-hydrogen) atoms. The van der Waals surface area contributed by atoms with E-state index in [9.17, 15) is 23.1 Å². The Bertz CT molecular complexity index is 991. The summed E-state index contributed by atoms with van der Waals surface area (Å²) in [6.07, 6.45) is -1.55. The van der Waals surface area contributed by atoms with Crippen molar-refractivity contribution in [3.8, 4) is 5.75 Å². The number of halogens is 6. The van der Waals surface area contributed by atoms with Crippen LogP contribution < -0.4 is 10.3 Å². The number of benzene rings is 1. The molecule has 0 spiro atoms. The van der Waals surface area contributed by atoms with E-state index in [1.165, 1.54) is 6.21 Å². The van der Waals surface area contributed by atoms with E-state index in [0.717, 1.165) is 11.1 Å². The van der Waals surface area contributed by atoms with Crippen LogP contribution in [0.4, 0.5) is 19.0 Å². The molecule has 6 nitrogen and oxygen atoms in total. The van der Waals surface area contributed by atoms with E-state index in [4.69, 9.17) is 11.6 Å². The Hall–Kier alpha value is -1.69. The number of carbonyl (C=O) groups excluding carboxylic acids is 1. The number of piperidine rings is 1. The zero-order chi connectivity index (χ0) is 22.8. The first-order valence-electron chi connectivity index (χ1n) is 9.07. The number of phenols is 1. The number of hydrogen-bond acceptors (Lipinski definition) is 5. The highest BCUT2D eigenvalue weighted by molar-refractivity contribution is 9.11. The van der Waals surface area contributed by atoms with Gasteiger partial charge in [0.05, 0.1) is 25.7 Å². The van der Waals surface area contributed by atoms with Crippen molar-refractivity contribution in [3.63, 3.8) is 0 Å². The van der Waals surface area contributed by atoms with E-state index in [0.29, 0.717) is 46.6 Å². The van der Waals surface area contributed by atoms with Gasteiger partial charge in [0.25, 0.3) is 5.91 Å². The molecule has 1 aromatic heterocycles. The number of amides is 1. The molecule has 1 aliphatic heterocycles. The second-order valence-corrected chi connectivity index (χ2v) is 8.90. The summed E-state index contributed by atoms with van der Waals surface area (Å²) in [5.41, 5.74) is -0.506. The summed E-state index contributed by atoms with van der Waals surface area (Å²) in [5.74, 6) is -0.987. The van der Waals surface area contributed by atoms with Gasteiger partial charge < -0.3 is 10.4 Å². The van der Waals surface area contributed by atoms with Gasteiger partial charge in [-0.1, -0.05) is 11.6 Å². The number of pyridine rings is 1. The maximum Gasteiger partial charge on any atom is 0.417 e. The van der Waals surface area contributed by atoms with E-state index in [1.54, 1.807) is 12.1 Å². The van der Waals surface area contributed by atoms with Gasteiger partial charge in [-0.2, -0.15) is 23.3 Å². The molecule has 0 atom stereocenters. The van der Waals surface area contributed by atoms with Gasteiger partial charge >= 0.3 is 6.18 Å². The van der Waals surface area contributed by atoms with Crippen LogP contribution in [0.1, 0.15) is 24.0 Å². The van der Waals surface area contributed by atoms with Crippen molar-refractivity contribution in [2.45, 2.75) is 19.0 Å². The fraction of sp³-hybridized carbons (Fsp3) is 0.316. The third kappa shape index (κ3) is 5.76. The van der Waals surface area contributed by atoms with Crippen molar-refractivity contribution in [2.75, 3.05) is 18.1 Å². The summed E-state index contributed by atoms with van der Waals surface area (Å²) in [6, 6.07) is 3.85. The van der Waals surface area contributed by atoms with Gasteiger partial charge in [-0.3, -0.25) is 4.79 Å². The van der Waals surface area contributed by atoms with Crippen LogP contribution in [0.15, 0.2) is 38.4 Å². The average molecular weight is 585 g/mol. The largest absolute Gasteiger partial charge is 0.506 e. The Balaban J connectivity index is 2.00. The molecule has 166 valence electrons.